The SMILES string of the molecule is Cc1cc(C)c(CC(=O)c2cc(Br)c(Br)s2)c(C)c1. The van der Waals surface area contributed by atoms with Crippen LogP contribution in [0, 0.1) is 20.8 Å². The fourth-order valence-electron chi connectivity index (χ4n) is 2.22. The highest BCUT2D eigenvalue weighted by molar-refractivity contribution is 9.13. The first-order valence-electron chi connectivity index (χ1n) is 5.93. The first-order valence-corrected chi connectivity index (χ1v) is 8.33. The average molecular weight is 402 g/mol. The van der Waals surface area contributed by atoms with Crippen molar-refractivity contribution in [2.75, 3.05) is 0 Å². The monoisotopic (exact) mass is 400 g/mol. The number of ketones is 1. The van der Waals surface area contributed by atoms with Gasteiger partial charge >= 0.3 is 0 Å². The van der Waals surface area contributed by atoms with Gasteiger partial charge in [-0.25, -0.2) is 0 Å². The van der Waals surface area contributed by atoms with Gasteiger partial charge in [-0.2, -0.15) is 0 Å². The summed E-state index contributed by atoms with van der Waals surface area (Å²) in [6.45, 7) is 6.23. The molecule has 0 amide bonds. The van der Waals surface area contributed by atoms with Gasteiger partial charge in [-0.05, 0) is 75.4 Å². The first kappa shape index (κ1) is 14.9. The smallest absolute Gasteiger partial charge is 0.177 e. The minimum absolute atomic E-state index is 0.173. The molecule has 0 aliphatic heterocycles. The summed E-state index contributed by atoms with van der Waals surface area (Å²) in [6.07, 6.45) is 0.470. The molecule has 2 aromatic rings. The van der Waals surface area contributed by atoms with Crippen molar-refractivity contribution in [3.05, 3.63) is 53.6 Å². The molecule has 1 heterocycles. The van der Waals surface area contributed by atoms with Gasteiger partial charge in [0.1, 0.15) is 0 Å². The molecule has 0 fully saturated rings. The zero-order valence-corrected chi connectivity index (χ0v) is 15.0. The van der Waals surface area contributed by atoms with E-state index in [0.717, 1.165) is 18.7 Å². The highest BCUT2D eigenvalue weighted by Gasteiger charge is 2.15. The highest BCUT2D eigenvalue weighted by Crippen LogP contribution is 2.33. The van der Waals surface area contributed by atoms with E-state index in [1.54, 1.807) is 0 Å². The zero-order valence-electron chi connectivity index (χ0n) is 11.0. The quantitative estimate of drug-likeness (QED) is 0.609. The van der Waals surface area contributed by atoms with Gasteiger partial charge in [-0.15, -0.1) is 11.3 Å². The Kier molecular flexibility index (Phi) is 4.64. The number of rotatable bonds is 3. The molecular weight excluding hydrogens is 388 g/mol. The predicted octanol–water partition coefficient (Wildman–Crippen LogP) is 5.62. The number of Topliss-reactive ketones (excluding diaryl/α,β-unsaturated/α-hetero) is 1. The fourth-order valence-corrected chi connectivity index (χ4v) is 4.19. The highest BCUT2D eigenvalue weighted by atomic mass is 79.9. The van der Waals surface area contributed by atoms with Crippen LogP contribution in [-0.4, -0.2) is 5.78 Å². The van der Waals surface area contributed by atoms with E-state index in [0.29, 0.717) is 6.42 Å². The van der Waals surface area contributed by atoms with Crippen molar-refractivity contribution in [2.45, 2.75) is 27.2 Å². The minimum Gasteiger partial charge on any atom is -0.293 e. The molecule has 0 aliphatic carbocycles. The summed E-state index contributed by atoms with van der Waals surface area (Å²) in [5.74, 6) is 0.173. The van der Waals surface area contributed by atoms with Gasteiger partial charge in [-0.3, -0.25) is 4.79 Å². The molecule has 0 radical (unpaired) electrons. The van der Waals surface area contributed by atoms with E-state index in [1.807, 2.05) is 6.07 Å². The molecule has 1 aromatic carbocycles. The molecule has 19 heavy (non-hydrogen) atoms. The number of hydrogen-bond donors (Lipinski definition) is 0. The lowest BCUT2D eigenvalue weighted by atomic mass is 9.95. The van der Waals surface area contributed by atoms with Crippen molar-refractivity contribution in [3.63, 3.8) is 0 Å². The molecule has 0 saturated heterocycles. The topological polar surface area (TPSA) is 17.1 Å². The Morgan fingerprint density at radius 2 is 1.68 bits per heavy atom. The largest absolute Gasteiger partial charge is 0.293 e. The van der Waals surface area contributed by atoms with Crippen LogP contribution >= 0.6 is 43.2 Å². The van der Waals surface area contributed by atoms with Crippen LogP contribution in [0.25, 0.3) is 0 Å². The lowest BCUT2D eigenvalue weighted by Crippen LogP contribution is -2.05. The van der Waals surface area contributed by atoms with Crippen LogP contribution < -0.4 is 0 Å². The summed E-state index contributed by atoms with van der Waals surface area (Å²) in [6, 6.07) is 6.15. The molecule has 1 aromatic heterocycles. The van der Waals surface area contributed by atoms with Gasteiger partial charge < -0.3 is 0 Å². The molecule has 0 bridgehead atoms. The standard InChI is InChI=1S/C15H14Br2OS/c1-8-4-9(2)11(10(3)5-8)6-13(18)14-7-12(16)15(17)19-14/h4-5,7H,6H2,1-3H3. The Bertz CT molecular complexity index is 601. The van der Waals surface area contributed by atoms with Crippen molar-refractivity contribution >= 4 is 49.0 Å². The average Bonchev–Trinajstić information content (AvgIpc) is 2.64. The summed E-state index contributed by atoms with van der Waals surface area (Å²) >= 11 is 8.32. The van der Waals surface area contributed by atoms with Crippen molar-refractivity contribution in [3.8, 4) is 0 Å². The van der Waals surface area contributed by atoms with Crippen LogP contribution in [-0.2, 0) is 6.42 Å². The Morgan fingerprint density at radius 3 is 2.16 bits per heavy atom. The Labute approximate surface area is 134 Å². The van der Waals surface area contributed by atoms with E-state index >= 15 is 0 Å². The van der Waals surface area contributed by atoms with Gasteiger partial charge in [-0.1, -0.05) is 17.7 Å². The molecule has 4 heteroatoms. The molecule has 1 nitrogen and oxygen atoms in total. The molecule has 0 atom stereocenters. The second kappa shape index (κ2) is 5.90. The van der Waals surface area contributed by atoms with Gasteiger partial charge in [0, 0.05) is 10.9 Å². The van der Waals surface area contributed by atoms with Crippen LogP contribution in [0.3, 0.4) is 0 Å². The lowest BCUT2D eigenvalue weighted by molar-refractivity contribution is 0.0996. The van der Waals surface area contributed by atoms with Gasteiger partial charge in [0.15, 0.2) is 5.78 Å². The Balaban J connectivity index is 2.29. The molecule has 0 unspecified atom stereocenters. The molecule has 0 spiro atoms. The summed E-state index contributed by atoms with van der Waals surface area (Å²) in [7, 11) is 0. The van der Waals surface area contributed by atoms with Crippen LogP contribution in [0.2, 0.25) is 0 Å². The normalized spacial score (nSPS) is 10.8. The second-order valence-corrected chi connectivity index (χ2v) is 7.93. The number of halogens is 2. The maximum Gasteiger partial charge on any atom is 0.177 e. The summed E-state index contributed by atoms with van der Waals surface area (Å²) < 4.78 is 1.91. The first-order chi connectivity index (χ1) is 8.88. The van der Waals surface area contributed by atoms with Crippen molar-refractivity contribution in [2.24, 2.45) is 0 Å². The number of hydrogen-bond acceptors (Lipinski definition) is 2. The van der Waals surface area contributed by atoms with E-state index in [2.05, 4.69) is 64.8 Å². The van der Waals surface area contributed by atoms with E-state index < -0.39 is 0 Å². The van der Waals surface area contributed by atoms with Crippen LogP contribution in [0.15, 0.2) is 26.5 Å². The van der Waals surface area contributed by atoms with E-state index in [1.165, 1.54) is 28.0 Å². The number of carbonyl (C=O) groups excluding carboxylic acids is 1. The van der Waals surface area contributed by atoms with Gasteiger partial charge in [0.05, 0.1) is 8.66 Å². The number of benzene rings is 1. The molecule has 0 saturated carbocycles. The lowest BCUT2D eigenvalue weighted by Gasteiger charge is -2.10. The third-order valence-corrected chi connectivity index (χ3v) is 6.39. The van der Waals surface area contributed by atoms with Crippen LogP contribution in [0.5, 0.6) is 0 Å². The molecular formula is C15H14Br2OS. The maximum atomic E-state index is 12.3. The Hall–Kier alpha value is -0.450. The third-order valence-electron chi connectivity index (χ3n) is 3.10. The van der Waals surface area contributed by atoms with Crippen molar-refractivity contribution in [1.82, 2.24) is 0 Å². The molecule has 100 valence electrons. The van der Waals surface area contributed by atoms with Gasteiger partial charge in [0.2, 0.25) is 0 Å². The maximum absolute atomic E-state index is 12.3. The van der Waals surface area contributed by atoms with Crippen LogP contribution in [0.4, 0.5) is 0 Å². The minimum atomic E-state index is 0.173. The van der Waals surface area contributed by atoms with Crippen molar-refractivity contribution < 1.29 is 4.79 Å². The molecule has 2 rings (SSSR count). The number of carbonyl (C=O) groups is 1. The second-order valence-electron chi connectivity index (χ2n) is 4.71. The number of aryl methyl sites for hydroxylation is 3. The van der Waals surface area contributed by atoms with E-state index in [4.69, 9.17) is 0 Å². The zero-order chi connectivity index (χ0) is 14.2. The third kappa shape index (κ3) is 3.36. The fraction of sp³-hybridized carbons (Fsp3) is 0.267. The van der Waals surface area contributed by atoms with Gasteiger partial charge in [0.25, 0.3) is 0 Å². The van der Waals surface area contributed by atoms with Crippen LogP contribution in [0.1, 0.15) is 31.9 Å². The molecule has 0 aliphatic rings. The predicted molar refractivity (Wildman–Crippen MR) is 88.4 cm³/mol. The Morgan fingerprint density at radius 1 is 1.11 bits per heavy atom. The summed E-state index contributed by atoms with van der Waals surface area (Å²) in [4.78, 5) is 13.1. The summed E-state index contributed by atoms with van der Waals surface area (Å²) in [5.41, 5.74) is 4.78. The van der Waals surface area contributed by atoms with Crippen molar-refractivity contribution in [1.29, 1.82) is 0 Å². The molecule has 0 N–H and O–H groups in total. The summed E-state index contributed by atoms with van der Waals surface area (Å²) in [5, 5.41) is 0. The number of thiophene rings is 1. The van der Waals surface area contributed by atoms with E-state index in [-0.39, 0.29) is 5.78 Å². The van der Waals surface area contributed by atoms with E-state index in [9.17, 15) is 4.79 Å².